The first-order chi connectivity index (χ1) is 12.0. The molecule has 5 heteroatoms. The van der Waals surface area contributed by atoms with Gasteiger partial charge in [-0.1, -0.05) is 37.7 Å². The minimum atomic E-state index is -0.386. The number of likely N-dealkylation sites (N-methyl/N-ethyl adjacent to an activating group) is 1. The van der Waals surface area contributed by atoms with Crippen LogP contribution in [-0.4, -0.2) is 36.5 Å². The Bertz CT molecular complexity index is 773. The molecule has 1 atom stereocenters. The zero-order valence-corrected chi connectivity index (χ0v) is 15.8. The van der Waals surface area contributed by atoms with Gasteiger partial charge in [-0.2, -0.15) is 0 Å². The molecule has 2 N–H and O–H groups in total. The maximum Gasteiger partial charge on any atom is 0.248 e. The standard InChI is InChI=1S/C20H25N3OS/c1-4-22(5-2)13-14(3)23-16-8-6-7-9-18(16)25-19-11-10-15(20(21)24)12-17(19)23/h6-12,14H,4-5,13H2,1-3H3,(H2,21,24). The average molecular weight is 356 g/mol. The zero-order valence-electron chi connectivity index (χ0n) is 15.0. The summed E-state index contributed by atoms with van der Waals surface area (Å²) in [6, 6.07) is 14.5. The second-order valence-corrected chi connectivity index (χ2v) is 7.41. The summed E-state index contributed by atoms with van der Waals surface area (Å²) in [6.07, 6.45) is 0. The van der Waals surface area contributed by atoms with Crippen molar-refractivity contribution in [3.05, 3.63) is 48.0 Å². The van der Waals surface area contributed by atoms with Crippen LogP contribution in [0.4, 0.5) is 11.4 Å². The lowest BCUT2D eigenvalue weighted by molar-refractivity contribution is 0.1000. The molecule has 0 fully saturated rings. The number of carbonyl (C=O) groups is 1. The number of nitrogens with zero attached hydrogens (tertiary/aromatic N) is 2. The predicted molar refractivity (Wildman–Crippen MR) is 105 cm³/mol. The highest BCUT2D eigenvalue weighted by Crippen LogP contribution is 2.49. The van der Waals surface area contributed by atoms with Gasteiger partial charge >= 0.3 is 0 Å². The van der Waals surface area contributed by atoms with Crippen LogP contribution < -0.4 is 10.6 Å². The SMILES string of the molecule is CCN(CC)CC(C)N1c2ccccc2Sc2ccc(C(N)=O)cc21. The van der Waals surface area contributed by atoms with Crippen LogP contribution in [0.3, 0.4) is 0 Å². The Kier molecular flexibility index (Phi) is 5.35. The molecule has 0 aromatic heterocycles. The molecule has 1 aliphatic heterocycles. The lowest BCUT2D eigenvalue weighted by Gasteiger charge is -2.39. The first-order valence-corrected chi connectivity index (χ1v) is 9.59. The molecule has 132 valence electrons. The largest absolute Gasteiger partial charge is 0.366 e. The molecule has 0 radical (unpaired) electrons. The molecule has 0 aliphatic carbocycles. The minimum absolute atomic E-state index is 0.281. The lowest BCUT2D eigenvalue weighted by Crippen LogP contribution is -2.41. The van der Waals surface area contributed by atoms with Crippen LogP contribution in [0, 0.1) is 0 Å². The van der Waals surface area contributed by atoms with Crippen LogP contribution in [0.5, 0.6) is 0 Å². The highest BCUT2D eigenvalue weighted by molar-refractivity contribution is 7.99. The summed E-state index contributed by atoms with van der Waals surface area (Å²) in [4.78, 5) is 18.9. The molecule has 0 saturated carbocycles. The highest BCUT2D eigenvalue weighted by atomic mass is 32.2. The van der Waals surface area contributed by atoms with Crippen molar-refractivity contribution in [3.8, 4) is 0 Å². The fourth-order valence-corrected chi connectivity index (χ4v) is 4.40. The van der Waals surface area contributed by atoms with Gasteiger partial charge in [0.2, 0.25) is 5.91 Å². The summed E-state index contributed by atoms with van der Waals surface area (Å²) < 4.78 is 0. The first-order valence-electron chi connectivity index (χ1n) is 8.77. The Morgan fingerprint density at radius 2 is 1.80 bits per heavy atom. The average Bonchev–Trinajstić information content (AvgIpc) is 2.63. The summed E-state index contributed by atoms with van der Waals surface area (Å²) >= 11 is 1.75. The molecule has 1 heterocycles. The highest BCUT2D eigenvalue weighted by Gasteiger charge is 2.28. The summed E-state index contributed by atoms with van der Waals surface area (Å²) in [6.45, 7) is 9.64. The second-order valence-electron chi connectivity index (χ2n) is 6.32. The number of fused-ring (bicyclic) bond motifs is 2. The zero-order chi connectivity index (χ0) is 18.0. The van der Waals surface area contributed by atoms with E-state index in [9.17, 15) is 4.79 Å². The van der Waals surface area contributed by atoms with Gasteiger partial charge in [-0.05, 0) is 50.3 Å². The fraction of sp³-hybridized carbons (Fsp3) is 0.350. The van der Waals surface area contributed by atoms with E-state index in [1.807, 2.05) is 18.2 Å². The third-order valence-electron chi connectivity index (χ3n) is 4.71. The van der Waals surface area contributed by atoms with E-state index in [1.165, 1.54) is 10.6 Å². The topological polar surface area (TPSA) is 49.6 Å². The normalized spacial score (nSPS) is 14.2. The van der Waals surface area contributed by atoms with Gasteiger partial charge in [0.25, 0.3) is 0 Å². The molecule has 0 bridgehead atoms. The van der Waals surface area contributed by atoms with Crippen molar-refractivity contribution in [2.75, 3.05) is 24.5 Å². The van der Waals surface area contributed by atoms with Gasteiger partial charge in [-0.3, -0.25) is 4.79 Å². The predicted octanol–water partition coefficient (Wildman–Crippen LogP) is 4.12. The van der Waals surface area contributed by atoms with Gasteiger partial charge in [0.1, 0.15) is 0 Å². The monoisotopic (exact) mass is 355 g/mol. The number of anilines is 2. The van der Waals surface area contributed by atoms with Crippen molar-refractivity contribution in [2.24, 2.45) is 5.73 Å². The van der Waals surface area contributed by atoms with Crippen LogP contribution >= 0.6 is 11.8 Å². The van der Waals surface area contributed by atoms with Crippen molar-refractivity contribution in [1.82, 2.24) is 4.90 Å². The molecule has 1 unspecified atom stereocenters. The number of rotatable bonds is 6. The van der Waals surface area contributed by atoms with E-state index in [0.717, 1.165) is 30.2 Å². The second kappa shape index (κ2) is 7.50. The number of para-hydroxylation sites is 1. The molecule has 4 nitrogen and oxygen atoms in total. The van der Waals surface area contributed by atoms with Crippen molar-refractivity contribution >= 4 is 29.0 Å². The summed E-state index contributed by atoms with van der Waals surface area (Å²) in [7, 11) is 0. The summed E-state index contributed by atoms with van der Waals surface area (Å²) in [5.41, 5.74) is 8.33. The number of amides is 1. The summed E-state index contributed by atoms with van der Waals surface area (Å²) in [5, 5.41) is 0. The number of hydrogen-bond acceptors (Lipinski definition) is 4. The van der Waals surface area contributed by atoms with E-state index in [1.54, 1.807) is 11.8 Å². The van der Waals surface area contributed by atoms with Gasteiger partial charge in [-0.25, -0.2) is 0 Å². The number of hydrogen-bond donors (Lipinski definition) is 1. The number of carbonyl (C=O) groups excluding carboxylic acids is 1. The Balaban J connectivity index is 2.06. The van der Waals surface area contributed by atoms with Gasteiger partial charge < -0.3 is 15.5 Å². The maximum absolute atomic E-state index is 11.7. The third kappa shape index (κ3) is 3.53. The van der Waals surface area contributed by atoms with Crippen molar-refractivity contribution in [2.45, 2.75) is 36.6 Å². The van der Waals surface area contributed by atoms with Gasteiger partial charge in [0, 0.05) is 27.9 Å². The van der Waals surface area contributed by atoms with E-state index in [-0.39, 0.29) is 11.9 Å². The van der Waals surface area contributed by atoms with E-state index < -0.39 is 0 Å². The van der Waals surface area contributed by atoms with Crippen molar-refractivity contribution in [1.29, 1.82) is 0 Å². The van der Waals surface area contributed by atoms with E-state index >= 15 is 0 Å². The van der Waals surface area contributed by atoms with Crippen LogP contribution in [0.15, 0.2) is 52.3 Å². The van der Waals surface area contributed by atoms with Gasteiger partial charge in [-0.15, -0.1) is 0 Å². The Hall–Kier alpha value is -1.98. The van der Waals surface area contributed by atoms with E-state index in [4.69, 9.17) is 5.73 Å². The molecule has 2 aromatic carbocycles. The lowest BCUT2D eigenvalue weighted by atomic mass is 10.1. The molecule has 1 amide bonds. The fourth-order valence-electron chi connectivity index (χ4n) is 3.35. The van der Waals surface area contributed by atoms with Crippen LogP contribution in [0.25, 0.3) is 0 Å². The van der Waals surface area contributed by atoms with Crippen LogP contribution in [0.1, 0.15) is 31.1 Å². The maximum atomic E-state index is 11.7. The minimum Gasteiger partial charge on any atom is -0.366 e. The molecule has 0 spiro atoms. The molecule has 0 saturated heterocycles. The molecular formula is C20H25N3OS. The van der Waals surface area contributed by atoms with E-state index in [0.29, 0.717) is 5.56 Å². The van der Waals surface area contributed by atoms with Gasteiger partial charge in [0.15, 0.2) is 0 Å². The van der Waals surface area contributed by atoms with E-state index in [2.05, 4.69) is 54.8 Å². The van der Waals surface area contributed by atoms with Crippen molar-refractivity contribution in [3.63, 3.8) is 0 Å². The van der Waals surface area contributed by atoms with Crippen LogP contribution in [-0.2, 0) is 0 Å². The number of benzene rings is 2. The van der Waals surface area contributed by atoms with Crippen molar-refractivity contribution < 1.29 is 4.79 Å². The Morgan fingerprint density at radius 3 is 2.48 bits per heavy atom. The molecule has 3 rings (SSSR count). The number of nitrogens with two attached hydrogens (primary N) is 1. The Labute approximate surface area is 154 Å². The summed E-state index contributed by atoms with van der Waals surface area (Å²) in [5.74, 6) is -0.386. The quantitative estimate of drug-likeness (QED) is 0.847. The number of primary amides is 1. The first kappa shape index (κ1) is 17.8. The molecule has 25 heavy (non-hydrogen) atoms. The van der Waals surface area contributed by atoms with Gasteiger partial charge in [0.05, 0.1) is 11.4 Å². The smallest absolute Gasteiger partial charge is 0.248 e. The van der Waals surface area contributed by atoms with Crippen LogP contribution in [0.2, 0.25) is 0 Å². The third-order valence-corrected chi connectivity index (χ3v) is 5.84. The molecular weight excluding hydrogens is 330 g/mol. The molecule has 1 aliphatic rings. The Morgan fingerprint density at radius 1 is 1.12 bits per heavy atom. The molecule has 2 aromatic rings.